The van der Waals surface area contributed by atoms with Crippen LogP contribution in [0.4, 0.5) is 13.2 Å². The van der Waals surface area contributed by atoms with Crippen molar-refractivity contribution >= 4 is 27.6 Å². The van der Waals surface area contributed by atoms with Crippen molar-refractivity contribution in [2.75, 3.05) is 0 Å². The molecule has 0 radical (unpaired) electrons. The van der Waals surface area contributed by atoms with Gasteiger partial charge in [-0.15, -0.1) is 0 Å². The maximum Gasteiger partial charge on any atom is 0.416 e. The molecule has 0 fully saturated rings. The van der Waals surface area contributed by atoms with Crippen LogP contribution in [0, 0.1) is 5.41 Å². The average Bonchev–Trinajstić information content (AvgIpc) is 2.95. The fourth-order valence-electron chi connectivity index (χ4n) is 3.37. The smallest absolute Gasteiger partial charge is 0.384 e. The minimum atomic E-state index is -4.34. The molecule has 3 aromatic carbocycles. The Hall–Kier alpha value is -3.28. The molecule has 6 heteroatoms. The fourth-order valence-corrected chi connectivity index (χ4v) is 3.37. The number of hydrogen-bond acceptors (Lipinski definition) is 1. The lowest BCUT2D eigenvalue weighted by Gasteiger charge is -2.10. The average molecular weight is 367 g/mol. The molecule has 4 aromatic rings. The number of aromatic nitrogens is 1. The Morgan fingerprint density at radius 2 is 1.56 bits per heavy atom. The highest BCUT2D eigenvalue weighted by atomic mass is 19.4. The third kappa shape index (κ3) is 3.03. The number of rotatable bonds is 3. The summed E-state index contributed by atoms with van der Waals surface area (Å²) in [6.45, 7) is 0.446. The van der Waals surface area contributed by atoms with Crippen LogP contribution in [0.2, 0.25) is 0 Å². The number of nitrogens with two attached hydrogens (primary N) is 1. The second kappa shape index (κ2) is 6.16. The van der Waals surface area contributed by atoms with Gasteiger partial charge in [0.25, 0.3) is 0 Å². The number of nitrogen functional groups attached to an aromatic ring is 1. The number of fused-ring (bicyclic) bond motifs is 3. The fraction of sp³-hybridized carbons (Fsp3) is 0.0952. The van der Waals surface area contributed by atoms with E-state index in [2.05, 4.69) is 4.57 Å². The lowest BCUT2D eigenvalue weighted by atomic mass is 10.1. The Kier molecular flexibility index (Phi) is 3.91. The van der Waals surface area contributed by atoms with Crippen molar-refractivity contribution in [1.29, 1.82) is 5.41 Å². The Labute approximate surface area is 153 Å². The summed E-state index contributed by atoms with van der Waals surface area (Å²) in [7, 11) is 0. The highest BCUT2D eigenvalue weighted by molar-refractivity contribution is 6.10. The van der Waals surface area contributed by atoms with E-state index in [0.717, 1.165) is 39.5 Å². The van der Waals surface area contributed by atoms with Crippen LogP contribution in [0.25, 0.3) is 21.8 Å². The van der Waals surface area contributed by atoms with E-state index in [0.29, 0.717) is 12.1 Å². The number of halogens is 3. The molecular weight excluding hydrogens is 351 g/mol. The molecule has 3 nitrogen and oxygen atoms in total. The van der Waals surface area contributed by atoms with E-state index < -0.39 is 11.7 Å². The van der Waals surface area contributed by atoms with Gasteiger partial charge in [0.2, 0.25) is 0 Å². The summed E-state index contributed by atoms with van der Waals surface area (Å²) >= 11 is 0. The van der Waals surface area contributed by atoms with Crippen molar-refractivity contribution in [1.82, 2.24) is 4.57 Å². The minimum Gasteiger partial charge on any atom is -0.384 e. The molecule has 0 atom stereocenters. The largest absolute Gasteiger partial charge is 0.416 e. The first kappa shape index (κ1) is 17.1. The third-order valence-corrected chi connectivity index (χ3v) is 4.71. The topological polar surface area (TPSA) is 54.8 Å². The van der Waals surface area contributed by atoms with E-state index in [9.17, 15) is 13.2 Å². The quantitative estimate of drug-likeness (QED) is 0.382. The van der Waals surface area contributed by atoms with Crippen LogP contribution in [0.15, 0.2) is 66.7 Å². The predicted octanol–water partition coefficient (Wildman–Crippen LogP) is 5.15. The van der Waals surface area contributed by atoms with Crippen LogP contribution < -0.4 is 5.73 Å². The Bertz CT molecular complexity index is 1160. The highest BCUT2D eigenvalue weighted by Gasteiger charge is 2.29. The van der Waals surface area contributed by atoms with Gasteiger partial charge in [-0.3, -0.25) is 5.41 Å². The van der Waals surface area contributed by atoms with Gasteiger partial charge in [-0.1, -0.05) is 30.3 Å². The first-order chi connectivity index (χ1) is 12.8. The Morgan fingerprint density at radius 3 is 2.22 bits per heavy atom. The second-order valence-electron chi connectivity index (χ2n) is 6.44. The monoisotopic (exact) mass is 367 g/mol. The van der Waals surface area contributed by atoms with E-state index in [4.69, 9.17) is 11.1 Å². The molecule has 4 rings (SSSR count). The van der Waals surface area contributed by atoms with Crippen molar-refractivity contribution in [3.8, 4) is 0 Å². The van der Waals surface area contributed by atoms with Crippen LogP contribution in [-0.4, -0.2) is 10.4 Å². The molecule has 1 heterocycles. The number of nitrogens with one attached hydrogen (secondary N) is 1. The maximum absolute atomic E-state index is 12.8. The molecule has 27 heavy (non-hydrogen) atoms. The number of benzene rings is 3. The number of amidine groups is 1. The van der Waals surface area contributed by atoms with Crippen LogP contribution in [-0.2, 0) is 12.7 Å². The molecule has 0 saturated heterocycles. The Balaban J connectivity index is 1.84. The molecule has 0 saturated carbocycles. The van der Waals surface area contributed by atoms with Crippen LogP contribution in [0.3, 0.4) is 0 Å². The van der Waals surface area contributed by atoms with Gasteiger partial charge in [0.15, 0.2) is 0 Å². The second-order valence-corrected chi connectivity index (χ2v) is 6.44. The first-order valence-corrected chi connectivity index (χ1v) is 8.36. The van der Waals surface area contributed by atoms with Crippen molar-refractivity contribution in [3.63, 3.8) is 0 Å². The summed E-state index contributed by atoms with van der Waals surface area (Å²) in [6, 6.07) is 18.6. The van der Waals surface area contributed by atoms with Crippen LogP contribution >= 0.6 is 0 Å². The summed E-state index contributed by atoms with van der Waals surface area (Å²) in [5, 5.41) is 9.63. The minimum absolute atomic E-state index is 0.00327. The molecule has 0 spiro atoms. The molecule has 0 aliphatic carbocycles. The third-order valence-electron chi connectivity index (χ3n) is 4.71. The Morgan fingerprint density at radius 1 is 0.889 bits per heavy atom. The lowest BCUT2D eigenvalue weighted by molar-refractivity contribution is -0.137. The summed E-state index contributed by atoms with van der Waals surface area (Å²) in [4.78, 5) is 0. The standard InChI is InChI=1S/C21H16F3N3/c22-21(23,24)15-8-5-13(6-9-15)12-27-18-4-2-1-3-16(18)17-11-14(20(25)26)7-10-19(17)27/h1-11H,12H2,(H3,25,26). The molecule has 0 aliphatic heterocycles. The molecule has 136 valence electrons. The molecule has 1 aromatic heterocycles. The van der Waals surface area contributed by atoms with E-state index in [1.807, 2.05) is 36.4 Å². The SMILES string of the molecule is N=C(N)c1ccc2c(c1)c1ccccc1n2Cc1ccc(C(F)(F)F)cc1. The van der Waals surface area contributed by atoms with Gasteiger partial charge < -0.3 is 10.3 Å². The molecule has 3 N–H and O–H groups in total. The van der Waals surface area contributed by atoms with Gasteiger partial charge in [-0.2, -0.15) is 13.2 Å². The maximum atomic E-state index is 12.8. The number of para-hydroxylation sites is 1. The molecule has 0 aliphatic rings. The molecule has 0 unspecified atom stereocenters. The van der Waals surface area contributed by atoms with Gasteiger partial charge in [-0.25, -0.2) is 0 Å². The van der Waals surface area contributed by atoms with Crippen molar-refractivity contribution in [3.05, 3.63) is 83.4 Å². The number of nitrogens with zero attached hydrogens (tertiary/aromatic N) is 1. The summed E-state index contributed by atoms with van der Waals surface area (Å²) in [5.41, 5.74) is 8.30. The van der Waals surface area contributed by atoms with Gasteiger partial charge >= 0.3 is 6.18 Å². The number of hydrogen-bond donors (Lipinski definition) is 2. The lowest BCUT2D eigenvalue weighted by Crippen LogP contribution is -2.10. The van der Waals surface area contributed by atoms with Crippen LogP contribution in [0.5, 0.6) is 0 Å². The summed E-state index contributed by atoms with van der Waals surface area (Å²) < 4.78 is 40.4. The highest BCUT2D eigenvalue weighted by Crippen LogP contribution is 2.32. The van der Waals surface area contributed by atoms with Gasteiger partial charge in [-0.05, 0) is 42.0 Å². The zero-order valence-corrected chi connectivity index (χ0v) is 14.2. The molecular formula is C21H16F3N3. The number of alkyl halides is 3. The van der Waals surface area contributed by atoms with Gasteiger partial charge in [0.05, 0.1) is 5.56 Å². The van der Waals surface area contributed by atoms with Gasteiger partial charge in [0.1, 0.15) is 5.84 Å². The van der Waals surface area contributed by atoms with Crippen molar-refractivity contribution in [2.24, 2.45) is 5.73 Å². The van der Waals surface area contributed by atoms with Crippen molar-refractivity contribution in [2.45, 2.75) is 12.7 Å². The normalized spacial score (nSPS) is 12.0. The van der Waals surface area contributed by atoms with Crippen molar-refractivity contribution < 1.29 is 13.2 Å². The van der Waals surface area contributed by atoms with E-state index in [1.54, 1.807) is 6.07 Å². The zero-order chi connectivity index (χ0) is 19.2. The summed E-state index contributed by atoms with van der Waals surface area (Å²) in [6.07, 6.45) is -4.34. The summed E-state index contributed by atoms with van der Waals surface area (Å²) in [5.74, 6) is -0.00327. The van der Waals surface area contributed by atoms with E-state index in [1.165, 1.54) is 12.1 Å². The van der Waals surface area contributed by atoms with Crippen LogP contribution in [0.1, 0.15) is 16.7 Å². The molecule has 0 amide bonds. The zero-order valence-electron chi connectivity index (χ0n) is 14.2. The van der Waals surface area contributed by atoms with Gasteiger partial charge in [0, 0.05) is 33.9 Å². The predicted molar refractivity (Wildman–Crippen MR) is 101 cm³/mol. The van der Waals surface area contributed by atoms with E-state index >= 15 is 0 Å². The van der Waals surface area contributed by atoms with E-state index in [-0.39, 0.29) is 5.84 Å². The first-order valence-electron chi connectivity index (χ1n) is 8.36. The molecule has 0 bridgehead atoms.